The second-order valence-electron chi connectivity index (χ2n) is 5.43. The number of carbonyl (C=O) groups is 1. The molecule has 1 aromatic rings. The van der Waals surface area contributed by atoms with Crippen LogP contribution in [0, 0.1) is 0 Å². The van der Waals surface area contributed by atoms with Crippen molar-refractivity contribution in [3.63, 3.8) is 0 Å². The molecule has 3 nitrogen and oxygen atoms in total. The van der Waals surface area contributed by atoms with Crippen LogP contribution in [-0.2, 0) is 11.3 Å². The summed E-state index contributed by atoms with van der Waals surface area (Å²) < 4.78 is 0. The maximum Gasteiger partial charge on any atom is 0.221 e. The average Bonchev–Trinajstić information content (AvgIpc) is 2.46. The van der Waals surface area contributed by atoms with Crippen molar-refractivity contribution >= 4 is 23.4 Å². The van der Waals surface area contributed by atoms with Gasteiger partial charge in [-0.2, -0.15) is 11.8 Å². The Balaban J connectivity index is 1.86. The van der Waals surface area contributed by atoms with Gasteiger partial charge >= 0.3 is 0 Å². The van der Waals surface area contributed by atoms with Gasteiger partial charge in [0.1, 0.15) is 0 Å². The van der Waals surface area contributed by atoms with Gasteiger partial charge in [-0.15, -0.1) is 0 Å². The minimum atomic E-state index is -0.0158. The normalized spacial score (nSPS) is 22.5. The number of hydrogen-bond acceptors (Lipinski definition) is 3. The molecular formula is C16H24N2OS. The lowest BCUT2D eigenvalue weighted by atomic mass is 9.95. The van der Waals surface area contributed by atoms with Crippen LogP contribution in [0.25, 0.3) is 0 Å². The van der Waals surface area contributed by atoms with E-state index in [1.54, 1.807) is 6.92 Å². The third-order valence-electron chi connectivity index (χ3n) is 3.92. The third kappa shape index (κ3) is 4.53. The molecule has 0 spiro atoms. The predicted octanol–water partition coefficient (Wildman–Crippen LogP) is 3.41. The van der Waals surface area contributed by atoms with Gasteiger partial charge in [-0.3, -0.25) is 4.79 Å². The van der Waals surface area contributed by atoms with Gasteiger partial charge in [0.25, 0.3) is 0 Å². The second kappa shape index (κ2) is 7.70. The molecule has 1 fully saturated rings. The first-order valence-corrected chi connectivity index (χ1v) is 8.59. The summed E-state index contributed by atoms with van der Waals surface area (Å²) in [6, 6.07) is 8.63. The summed E-state index contributed by atoms with van der Waals surface area (Å²) in [7, 11) is 0. The molecule has 4 heteroatoms. The fourth-order valence-corrected chi connectivity index (χ4v) is 3.49. The number of benzene rings is 1. The molecule has 1 aliphatic carbocycles. The molecule has 0 bridgehead atoms. The Labute approximate surface area is 125 Å². The molecule has 0 atom stereocenters. The zero-order valence-electron chi connectivity index (χ0n) is 12.3. The molecule has 20 heavy (non-hydrogen) atoms. The lowest BCUT2D eigenvalue weighted by Gasteiger charge is -2.28. The summed E-state index contributed by atoms with van der Waals surface area (Å²) in [6.07, 6.45) is 7.35. The van der Waals surface area contributed by atoms with Crippen LogP contribution in [-0.4, -0.2) is 23.5 Å². The molecule has 0 aliphatic heterocycles. The first-order chi connectivity index (χ1) is 9.69. The summed E-state index contributed by atoms with van der Waals surface area (Å²) in [5.74, 6) is -0.0158. The van der Waals surface area contributed by atoms with Crippen molar-refractivity contribution in [3.05, 3.63) is 29.8 Å². The van der Waals surface area contributed by atoms with Gasteiger partial charge in [-0.05, 0) is 43.6 Å². The van der Waals surface area contributed by atoms with Crippen LogP contribution in [0.4, 0.5) is 5.69 Å². The van der Waals surface area contributed by atoms with E-state index in [2.05, 4.69) is 23.0 Å². The van der Waals surface area contributed by atoms with Crippen LogP contribution >= 0.6 is 11.8 Å². The molecule has 0 saturated heterocycles. The van der Waals surface area contributed by atoms with E-state index in [-0.39, 0.29) is 5.91 Å². The number of rotatable bonds is 5. The van der Waals surface area contributed by atoms with E-state index >= 15 is 0 Å². The van der Waals surface area contributed by atoms with Crippen molar-refractivity contribution in [2.75, 3.05) is 11.6 Å². The lowest BCUT2D eigenvalue weighted by Crippen LogP contribution is -2.33. The van der Waals surface area contributed by atoms with Crippen molar-refractivity contribution in [1.29, 1.82) is 0 Å². The third-order valence-corrected chi connectivity index (χ3v) is 5.05. The molecule has 1 amide bonds. The molecule has 1 saturated carbocycles. The Morgan fingerprint density at radius 3 is 2.60 bits per heavy atom. The number of amides is 1. The average molecular weight is 292 g/mol. The summed E-state index contributed by atoms with van der Waals surface area (Å²) in [5.41, 5.74) is 2.08. The summed E-state index contributed by atoms with van der Waals surface area (Å²) in [4.78, 5) is 11.2. The smallest absolute Gasteiger partial charge is 0.221 e. The van der Waals surface area contributed by atoms with Crippen LogP contribution in [0.5, 0.6) is 0 Å². The van der Waals surface area contributed by atoms with E-state index in [1.807, 2.05) is 30.0 Å². The first-order valence-electron chi connectivity index (χ1n) is 7.30. The Morgan fingerprint density at radius 2 is 1.95 bits per heavy atom. The Morgan fingerprint density at radius 1 is 1.25 bits per heavy atom. The highest BCUT2D eigenvalue weighted by molar-refractivity contribution is 7.99. The van der Waals surface area contributed by atoms with Gasteiger partial charge in [0, 0.05) is 30.4 Å². The fourth-order valence-electron chi connectivity index (χ4n) is 2.74. The Bertz CT molecular complexity index is 442. The van der Waals surface area contributed by atoms with Crippen molar-refractivity contribution in [3.8, 4) is 0 Å². The van der Waals surface area contributed by atoms with Gasteiger partial charge in [0.05, 0.1) is 0 Å². The minimum Gasteiger partial charge on any atom is -0.326 e. The van der Waals surface area contributed by atoms with Crippen molar-refractivity contribution in [2.45, 2.75) is 50.4 Å². The second-order valence-corrected chi connectivity index (χ2v) is 6.57. The highest BCUT2D eigenvalue weighted by Gasteiger charge is 2.20. The van der Waals surface area contributed by atoms with E-state index in [0.717, 1.165) is 23.0 Å². The zero-order valence-corrected chi connectivity index (χ0v) is 13.1. The van der Waals surface area contributed by atoms with Gasteiger partial charge in [-0.1, -0.05) is 18.2 Å². The van der Waals surface area contributed by atoms with Gasteiger partial charge < -0.3 is 10.6 Å². The minimum absolute atomic E-state index is 0.0158. The van der Waals surface area contributed by atoms with Crippen LogP contribution in [0.15, 0.2) is 24.3 Å². The molecule has 110 valence electrons. The molecule has 0 aromatic heterocycles. The predicted molar refractivity (Wildman–Crippen MR) is 87.1 cm³/mol. The lowest BCUT2D eigenvalue weighted by molar-refractivity contribution is -0.114. The van der Waals surface area contributed by atoms with E-state index in [9.17, 15) is 4.79 Å². The SMILES string of the molecule is CSC1CCC(NCc2ccccc2NC(C)=O)CC1. The number of hydrogen-bond donors (Lipinski definition) is 2. The molecule has 0 heterocycles. The molecule has 0 unspecified atom stereocenters. The number of para-hydroxylation sites is 1. The fraction of sp³-hybridized carbons (Fsp3) is 0.562. The Hall–Kier alpha value is -1.00. The van der Waals surface area contributed by atoms with Crippen molar-refractivity contribution in [2.24, 2.45) is 0 Å². The van der Waals surface area contributed by atoms with Crippen molar-refractivity contribution in [1.82, 2.24) is 5.32 Å². The van der Waals surface area contributed by atoms with Crippen LogP contribution in [0.3, 0.4) is 0 Å². The molecule has 2 rings (SSSR count). The van der Waals surface area contributed by atoms with E-state index in [4.69, 9.17) is 0 Å². The van der Waals surface area contributed by atoms with Crippen molar-refractivity contribution < 1.29 is 4.79 Å². The first kappa shape index (κ1) is 15.4. The highest BCUT2D eigenvalue weighted by Crippen LogP contribution is 2.27. The molecular weight excluding hydrogens is 268 g/mol. The van der Waals surface area contributed by atoms with Gasteiger partial charge in [0.15, 0.2) is 0 Å². The molecule has 1 aromatic carbocycles. The zero-order chi connectivity index (χ0) is 14.4. The maximum atomic E-state index is 11.2. The topological polar surface area (TPSA) is 41.1 Å². The highest BCUT2D eigenvalue weighted by atomic mass is 32.2. The van der Waals surface area contributed by atoms with Crippen LogP contribution < -0.4 is 10.6 Å². The molecule has 2 N–H and O–H groups in total. The number of anilines is 1. The quantitative estimate of drug-likeness (QED) is 0.874. The largest absolute Gasteiger partial charge is 0.326 e. The number of carbonyl (C=O) groups excluding carboxylic acids is 1. The standard InChI is InChI=1S/C16H24N2OS/c1-12(19)18-16-6-4-3-5-13(16)11-17-14-7-9-15(20-2)10-8-14/h3-6,14-15,17H,7-11H2,1-2H3,(H,18,19). The van der Waals surface area contributed by atoms with Gasteiger partial charge in [-0.25, -0.2) is 0 Å². The Kier molecular flexibility index (Phi) is 5.92. The van der Waals surface area contributed by atoms with E-state index < -0.39 is 0 Å². The van der Waals surface area contributed by atoms with Gasteiger partial charge in [0.2, 0.25) is 5.91 Å². The summed E-state index contributed by atoms with van der Waals surface area (Å²) >= 11 is 2.00. The van der Waals surface area contributed by atoms with Crippen LogP contribution in [0.1, 0.15) is 38.2 Å². The van der Waals surface area contributed by atoms with Crippen LogP contribution in [0.2, 0.25) is 0 Å². The monoisotopic (exact) mass is 292 g/mol. The number of thioether (sulfide) groups is 1. The number of nitrogens with one attached hydrogen (secondary N) is 2. The van der Waals surface area contributed by atoms with E-state index in [0.29, 0.717) is 6.04 Å². The summed E-state index contributed by atoms with van der Waals surface area (Å²) in [6.45, 7) is 2.37. The van der Waals surface area contributed by atoms with E-state index in [1.165, 1.54) is 25.7 Å². The maximum absolute atomic E-state index is 11.2. The molecule has 1 aliphatic rings. The molecule has 0 radical (unpaired) electrons. The summed E-state index contributed by atoms with van der Waals surface area (Å²) in [5, 5.41) is 7.38.